The van der Waals surface area contributed by atoms with E-state index < -0.39 is 11.4 Å². The van der Waals surface area contributed by atoms with Crippen molar-refractivity contribution in [3.05, 3.63) is 0 Å². The predicted octanol–water partition coefficient (Wildman–Crippen LogP) is 0.572. The summed E-state index contributed by atoms with van der Waals surface area (Å²) in [6, 6.07) is 0.0845. The standard InChI is InChI=1S/C11H17NO3/c1-10(9(13)14)7-15-4-8(10)12-5-11(6-12)2-3-11/h8H,2-7H2,1H3,(H,13,14). The third-order valence-corrected chi connectivity index (χ3v) is 4.38. The number of aliphatic carboxylic acids is 1. The number of likely N-dealkylation sites (tertiary alicyclic amines) is 1. The molecule has 2 unspecified atom stereocenters. The molecule has 1 N–H and O–H groups in total. The van der Waals surface area contributed by atoms with E-state index in [0.29, 0.717) is 18.6 Å². The summed E-state index contributed by atoms with van der Waals surface area (Å²) in [5.74, 6) is -0.721. The van der Waals surface area contributed by atoms with Crippen molar-refractivity contribution < 1.29 is 14.6 Å². The Labute approximate surface area is 89.2 Å². The molecule has 84 valence electrons. The largest absolute Gasteiger partial charge is 0.481 e. The fourth-order valence-corrected chi connectivity index (χ4v) is 2.90. The van der Waals surface area contributed by atoms with Crippen molar-refractivity contribution in [2.24, 2.45) is 10.8 Å². The van der Waals surface area contributed by atoms with Gasteiger partial charge in [0.25, 0.3) is 0 Å². The molecule has 3 rings (SSSR count). The van der Waals surface area contributed by atoms with E-state index in [1.54, 1.807) is 0 Å². The summed E-state index contributed by atoms with van der Waals surface area (Å²) >= 11 is 0. The van der Waals surface area contributed by atoms with Gasteiger partial charge in [-0.25, -0.2) is 0 Å². The minimum Gasteiger partial charge on any atom is -0.481 e. The van der Waals surface area contributed by atoms with Crippen LogP contribution in [0.4, 0.5) is 0 Å². The molecular formula is C11H17NO3. The maximum Gasteiger partial charge on any atom is 0.313 e. The molecule has 3 aliphatic rings. The molecule has 4 nitrogen and oxygen atoms in total. The molecule has 2 saturated heterocycles. The smallest absolute Gasteiger partial charge is 0.313 e. The van der Waals surface area contributed by atoms with Crippen LogP contribution in [0.5, 0.6) is 0 Å². The van der Waals surface area contributed by atoms with Gasteiger partial charge < -0.3 is 9.84 Å². The molecule has 2 atom stereocenters. The number of hydrogen-bond acceptors (Lipinski definition) is 3. The highest BCUT2D eigenvalue weighted by Crippen LogP contribution is 2.55. The third kappa shape index (κ3) is 1.24. The Hall–Kier alpha value is -0.610. The van der Waals surface area contributed by atoms with Gasteiger partial charge in [0.2, 0.25) is 0 Å². The van der Waals surface area contributed by atoms with Crippen LogP contribution in [0.15, 0.2) is 0 Å². The minimum absolute atomic E-state index is 0.0845. The number of ether oxygens (including phenoxy) is 1. The fraction of sp³-hybridized carbons (Fsp3) is 0.909. The topological polar surface area (TPSA) is 49.8 Å². The van der Waals surface area contributed by atoms with Crippen LogP contribution in [0.2, 0.25) is 0 Å². The van der Waals surface area contributed by atoms with Crippen molar-refractivity contribution in [1.82, 2.24) is 4.90 Å². The van der Waals surface area contributed by atoms with Crippen molar-refractivity contribution in [2.45, 2.75) is 25.8 Å². The molecule has 1 saturated carbocycles. The predicted molar refractivity (Wildman–Crippen MR) is 53.6 cm³/mol. The van der Waals surface area contributed by atoms with Crippen LogP contribution in [0.25, 0.3) is 0 Å². The first-order valence-electron chi connectivity index (χ1n) is 5.61. The van der Waals surface area contributed by atoms with E-state index in [9.17, 15) is 9.90 Å². The van der Waals surface area contributed by atoms with Crippen molar-refractivity contribution in [2.75, 3.05) is 26.3 Å². The van der Waals surface area contributed by atoms with E-state index in [-0.39, 0.29) is 6.04 Å². The zero-order chi connectivity index (χ0) is 10.7. The number of carboxylic acids is 1. The average Bonchev–Trinajstić information content (AvgIpc) is 2.83. The summed E-state index contributed by atoms with van der Waals surface area (Å²) in [5.41, 5.74) is -0.113. The second-order valence-corrected chi connectivity index (χ2v) is 5.66. The van der Waals surface area contributed by atoms with Gasteiger partial charge in [-0.05, 0) is 25.2 Å². The second-order valence-electron chi connectivity index (χ2n) is 5.66. The van der Waals surface area contributed by atoms with Gasteiger partial charge in [0, 0.05) is 13.1 Å². The Morgan fingerprint density at radius 3 is 2.67 bits per heavy atom. The summed E-state index contributed by atoms with van der Waals surface area (Å²) in [7, 11) is 0. The van der Waals surface area contributed by atoms with Crippen LogP contribution < -0.4 is 0 Å². The van der Waals surface area contributed by atoms with Crippen LogP contribution in [0, 0.1) is 10.8 Å². The third-order valence-electron chi connectivity index (χ3n) is 4.38. The van der Waals surface area contributed by atoms with Gasteiger partial charge in [0.15, 0.2) is 0 Å². The summed E-state index contributed by atoms with van der Waals surface area (Å²) in [6.45, 7) is 4.92. The first kappa shape index (κ1) is 9.60. The molecule has 1 aliphatic carbocycles. The fourth-order valence-electron chi connectivity index (χ4n) is 2.90. The number of hydrogen-bond donors (Lipinski definition) is 1. The van der Waals surface area contributed by atoms with Gasteiger partial charge in [-0.1, -0.05) is 0 Å². The van der Waals surface area contributed by atoms with E-state index in [1.165, 1.54) is 12.8 Å². The highest BCUT2D eigenvalue weighted by molar-refractivity contribution is 5.75. The van der Waals surface area contributed by atoms with Crippen LogP contribution in [-0.4, -0.2) is 48.3 Å². The van der Waals surface area contributed by atoms with E-state index in [2.05, 4.69) is 4.90 Å². The SMILES string of the molecule is CC1(C(=O)O)COCC1N1CC2(CC2)C1. The lowest BCUT2D eigenvalue weighted by atomic mass is 9.81. The molecule has 0 aromatic carbocycles. The zero-order valence-electron chi connectivity index (χ0n) is 9.03. The summed E-state index contributed by atoms with van der Waals surface area (Å²) in [4.78, 5) is 13.5. The number of nitrogens with zero attached hydrogens (tertiary/aromatic N) is 1. The van der Waals surface area contributed by atoms with Crippen LogP contribution >= 0.6 is 0 Å². The first-order chi connectivity index (χ1) is 7.06. The molecule has 0 aromatic heterocycles. The number of carbonyl (C=O) groups is 1. The Kier molecular flexibility index (Phi) is 1.75. The lowest BCUT2D eigenvalue weighted by molar-refractivity contribution is -0.152. The summed E-state index contributed by atoms with van der Waals surface area (Å²) < 4.78 is 5.36. The molecule has 2 aliphatic heterocycles. The maximum atomic E-state index is 11.2. The Bertz CT molecular complexity index is 305. The van der Waals surface area contributed by atoms with Crippen molar-refractivity contribution in [3.63, 3.8) is 0 Å². The molecular weight excluding hydrogens is 194 g/mol. The molecule has 0 radical (unpaired) electrons. The Morgan fingerprint density at radius 2 is 2.13 bits per heavy atom. The van der Waals surface area contributed by atoms with Crippen molar-refractivity contribution in [3.8, 4) is 0 Å². The van der Waals surface area contributed by atoms with E-state index >= 15 is 0 Å². The van der Waals surface area contributed by atoms with Gasteiger partial charge in [0.05, 0.1) is 19.3 Å². The normalized spacial score (nSPS) is 42.9. The first-order valence-corrected chi connectivity index (χ1v) is 5.61. The average molecular weight is 211 g/mol. The van der Waals surface area contributed by atoms with E-state index in [4.69, 9.17) is 4.74 Å². The second kappa shape index (κ2) is 2.74. The van der Waals surface area contributed by atoms with Crippen LogP contribution in [-0.2, 0) is 9.53 Å². The molecule has 4 heteroatoms. The van der Waals surface area contributed by atoms with Crippen molar-refractivity contribution >= 4 is 5.97 Å². The minimum atomic E-state index is -0.721. The van der Waals surface area contributed by atoms with Crippen LogP contribution in [0.3, 0.4) is 0 Å². The van der Waals surface area contributed by atoms with E-state index in [0.717, 1.165) is 13.1 Å². The molecule has 0 amide bonds. The molecule has 0 aromatic rings. The van der Waals surface area contributed by atoms with Gasteiger partial charge in [-0.2, -0.15) is 0 Å². The monoisotopic (exact) mass is 211 g/mol. The molecule has 2 heterocycles. The van der Waals surface area contributed by atoms with Crippen molar-refractivity contribution in [1.29, 1.82) is 0 Å². The van der Waals surface area contributed by atoms with Gasteiger partial charge in [-0.3, -0.25) is 9.69 Å². The van der Waals surface area contributed by atoms with Gasteiger partial charge in [0.1, 0.15) is 5.41 Å². The molecule has 3 fully saturated rings. The molecule has 0 bridgehead atoms. The number of carboxylic acid groups (broad SMARTS) is 1. The molecule has 15 heavy (non-hydrogen) atoms. The summed E-state index contributed by atoms with van der Waals surface area (Å²) in [6.07, 6.45) is 2.67. The summed E-state index contributed by atoms with van der Waals surface area (Å²) in [5, 5.41) is 9.25. The maximum absolute atomic E-state index is 11.2. The highest BCUT2D eigenvalue weighted by Gasteiger charge is 2.59. The van der Waals surface area contributed by atoms with Gasteiger partial charge >= 0.3 is 5.97 Å². The number of rotatable bonds is 2. The Morgan fingerprint density at radius 1 is 1.47 bits per heavy atom. The zero-order valence-corrected chi connectivity index (χ0v) is 9.03. The molecule has 1 spiro atoms. The van der Waals surface area contributed by atoms with Crippen LogP contribution in [0.1, 0.15) is 19.8 Å². The Balaban J connectivity index is 1.72. The quantitative estimate of drug-likeness (QED) is 0.725. The lowest BCUT2D eigenvalue weighted by Gasteiger charge is -2.47. The lowest BCUT2D eigenvalue weighted by Crippen LogP contribution is -2.59. The highest BCUT2D eigenvalue weighted by atomic mass is 16.5. The van der Waals surface area contributed by atoms with E-state index in [1.807, 2.05) is 6.92 Å². The van der Waals surface area contributed by atoms with Gasteiger partial charge in [-0.15, -0.1) is 0 Å².